The van der Waals surface area contributed by atoms with Crippen molar-refractivity contribution < 1.29 is 13.5 Å². The monoisotopic (exact) mass is 277 g/mol. The van der Waals surface area contributed by atoms with Crippen LogP contribution in [0.4, 0.5) is 8.78 Å². The Morgan fingerprint density at radius 2 is 2.00 bits per heavy atom. The maximum Gasteiger partial charge on any atom is 0.132 e. The highest BCUT2D eigenvalue weighted by atomic mass is 19.1. The Bertz CT molecular complexity index is 631. The molecule has 2 rings (SSSR count). The predicted octanol–water partition coefficient (Wildman–Crippen LogP) is 4.11. The molecule has 2 aromatic rings. The molecule has 4 heteroatoms. The van der Waals surface area contributed by atoms with Crippen LogP contribution in [0.2, 0.25) is 0 Å². The summed E-state index contributed by atoms with van der Waals surface area (Å²) in [7, 11) is 0. The lowest BCUT2D eigenvalue weighted by Gasteiger charge is -2.12. The highest BCUT2D eigenvalue weighted by Gasteiger charge is 2.06. The van der Waals surface area contributed by atoms with Crippen molar-refractivity contribution in [1.82, 2.24) is 4.57 Å². The van der Waals surface area contributed by atoms with E-state index in [-0.39, 0.29) is 6.61 Å². The first-order valence-corrected chi connectivity index (χ1v) is 6.34. The van der Waals surface area contributed by atoms with Crippen LogP contribution < -0.4 is 0 Å². The second-order valence-electron chi connectivity index (χ2n) is 4.78. The van der Waals surface area contributed by atoms with Crippen LogP contribution in [0.3, 0.4) is 0 Å². The number of allylic oxidation sites excluding steroid dienone is 1. The summed E-state index contributed by atoms with van der Waals surface area (Å²) in [5, 5.41) is 0. The standard InChI is InChI=1S/C16H17F2NO/c1-11-6-7-19(13(11)3)9-12(2)20-10-14-4-5-15(17)8-16(14)18/h4-8H,2,9-10H2,1,3H3. The fourth-order valence-corrected chi connectivity index (χ4v) is 1.89. The highest BCUT2D eigenvalue weighted by molar-refractivity contribution is 5.20. The molecular weight excluding hydrogens is 260 g/mol. The molecule has 0 saturated carbocycles. The van der Waals surface area contributed by atoms with Gasteiger partial charge in [-0.2, -0.15) is 0 Å². The van der Waals surface area contributed by atoms with Crippen molar-refractivity contribution in [2.75, 3.05) is 0 Å². The Kier molecular flexibility index (Phi) is 4.23. The molecule has 0 aliphatic heterocycles. The maximum absolute atomic E-state index is 13.4. The van der Waals surface area contributed by atoms with Crippen molar-refractivity contribution in [1.29, 1.82) is 0 Å². The van der Waals surface area contributed by atoms with E-state index in [0.29, 0.717) is 17.9 Å². The Morgan fingerprint density at radius 3 is 2.60 bits per heavy atom. The third-order valence-corrected chi connectivity index (χ3v) is 3.30. The molecule has 0 fully saturated rings. The lowest BCUT2D eigenvalue weighted by Crippen LogP contribution is -2.05. The first-order chi connectivity index (χ1) is 9.47. The molecule has 0 amide bonds. The van der Waals surface area contributed by atoms with Crippen LogP contribution in [0.25, 0.3) is 0 Å². The van der Waals surface area contributed by atoms with Crippen LogP contribution in [-0.4, -0.2) is 4.57 Å². The summed E-state index contributed by atoms with van der Waals surface area (Å²) in [4.78, 5) is 0. The molecule has 0 spiro atoms. The summed E-state index contributed by atoms with van der Waals surface area (Å²) in [6, 6.07) is 5.45. The van der Waals surface area contributed by atoms with Gasteiger partial charge >= 0.3 is 0 Å². The van der Waals surface area contributed by atoms with E-state index in [1.165, 1.54) is 17.7 Å². The lowest BCUT2D eigenvalue weighted by atomic mass is 10.2. The third kappa shape index (κ3) is 3.26. The van der Waals surface area contributed by atoms with Gasteiger partial charge in [0.1, 0.15) is 24.0 Å². The van der Waals surface area contributed by atoms with Crippen LogP contribution in [0.5, 0.6) is 0 Å². The molecule has 1 heterocycles. The zero-order valence-electron chi connectivity index (χ0n) is 11.6. The Labute approximate surface area is 117 Å². The quantitative estimate of drug-likeness (QED) is 0.750. The highest BCUT2D eigenvalue weighted by Crippen LogP contribution is 2.14. The minimum Gasteiger partial charge on any atom is -0.492 e. The van der Waals surface area contributed by atoms with E-state index >= 15 is 0 Å². The normalized spacial score (nSPS) is 10.6. The van der Waals surface area contributed by atoms with Crippen molar-refractivity contribution in [3.8, 4) is 0 Å². The van der Waals surface area contributed by atoms with Crippen molar-refractivity contribution in [3.63, 3.8) is 0 Å². The molecule has 0 unspecified atom stereocenters. The second-order valence-corrected chi connectivity index (χ2v) is 4.78. The Hall–Kier alpha value is -2.10. The summed E-state index contributed by atoms with van der Waals surface area (Å²) in [5.74, 6) is -0.665. The van der Waals surface area contributed by atoms with Gasteiger partial charge < -0.3 is 9.30 Å². The van der Waals surface area contributed by atoms with Gasteiger partial charge in [0.05, 0.1) is 6.54 Å². The second kappa shape index (κ2) is 5.90. The van der Waals surface area contributed by atoms with Crippen LogP contribution in [0, 0.1) is 25.5 Å². The van der Waals surface area contributed by atoms with Crippen molar-refractivity contribution in [2.45, 2.75) is 27.0 Å². The minimum absolute atomic E-state index is 0.0459. The molecule has 1 aromatic carbocycles. The van der Waals surface area contributed by atoms with Gasteiger partial charge in [-0.25, -0.2) is 8.78 Å². The van der Waals surface area contributed by atoms with Gasteiger partial charge in [-0.05, 0) is 37.6 Å². The number of hydrogen-bond acceptors (Lipinski definition) is 1. The SMILES string of the molecule is C=C(Cn1ccc(C)c1C)OCc1ccc(F)cc1F. The molecule has 106 valence electrons. The number of ether oxygens (including phenoxy) is 1. The molecule has 1 aromatic heterocycles. The molecule has 0 saturated heterocycles. The molecule has 0 atom stereocenters. The largest absolute Gasteiger partial charge is 0.492 e. The summed E-state index contributed by atoms with van der Waals surface area (Å²) >= 11 is 0. The van der Waals surface area contributed by atoms with E-state index in [1.807, 2.05) is 30.7 Å². The molecule has 0 aliphatic rings. The molecule has 0 aliphatic carbocycles. The van der Waals surface area contributed by atoms with E-state index in [4.69, 9.17) is 4.74 Å². The predicted molar refractivity (Wildman–Crippen MR) is 74.2 cm³/mol. The molecule has 20 heavy (non-hydrogen) atoms. The average Bonchev–Trinajstić information content (AvgIpc) is 2.70. The van der Waals surface area contributed by atoms with Crippen LogP contribution in [-0.2, 0) is 17.9 Å². The van der Waals surface area contributed by atoms with Crippen LogP contribution in [0.1, 0.15) is 16.8 Å². The topological polar surface area (TPSA) is 14.2 Å². The third-order valence-electron chi connectivity index (χ3n) is 3.30. The van der Waals surface area contributed by atoms with Gasteiger partial charge in [0.2, 0.25) is 0 Å². The number of aryl methyl sites for hydroxylation is 1. The summed E-state index contributed by atoms with van der Waals surface area (Å²) in [5.41, 5.74) is 2.65. The summed E-state index contributed by atoms with van der Waals surface area (Å²) < 4.78 is 33.7. The summed E-state index contributed by atoms with van der Waals surface area (Å²) in [6.07, 6.45) is 1.96. The number of rotatable bonds is 5. The number of hydrogen-bond donors (Lipinski definition) is 0. The van der Waals surface area contributed by atoms with E-state index in [2.05, 4.69) is 6.58 Å². The molecule has 0 N–H and O–H groups in total. The minimum atomic E-state index is -0.606. The van der Waals surface area contributed by atoms with E-state index < -0.39 is 11.6 Å². The van der Waals surface area contributed by atoms with Gasteiger partial charge in [0, 0.05) is 23.5 Å². The molecule has 2 nitrogen and oxygen atoms in total. The van der Waals surface area contributed by atoms with Crippen LogP contribution >= 0.6 is 0 Å². The molecule has 0 bridgehead atoms. The van der Waals surface area contributed by atoms with Gasteiger partial charge in [-0.15, -0.1) is 0 Å². The fraction of sp³-hybridized carbons (Fsp3) is 0.250. The van der Waals surface area contributed by atoms with Crippen LogP contribution in [0.15, 0.2) is 42.8 Å². The number of benzene rings is 1. The van der Waals surface area contributed by atoms with Gasteiger partial charge in [-0.1, -0.05) is 6.58 Å². The lowest BCUT2D eigenvalue weighted by molar-refractivity contribution is 0.182. The average molecular weight is 277 g/mol. The van der Waals surface area contributed by atoms with Crippen molar-refractivity contribution >= 4 is 0 Å². The van der Waals surface area contributed by atoms with E-state index in [0.717, 1.165) is 11.8 Å². The molecule has 0 radical (unpaired) electrons. The number of aromatic nitrogens is 1. The van der Waals surface area contributed by atoms with Crippen molar-refractivity contribution in [2.24, 2.45) is 0 Å². The summed E-state index contributed by atoms with van der Waals surface area (Å²) in [6.45, 7) is 8.43. The fourth-order valence-electron chi connectivity index (χ4n) is 1.89. The van der Waals surface area contributed by atoms with Gasteiger partial charge in [-0.3, -0.25) is 0 Å². The molecular formula is C16H17F2NO. The Morgan fingerprint density at radius 1 is 1.25 bits per heavy atom. The van der Waals surface area contributed by atoms with Gasteiger partial charge in [0.15, 0.2) is 0 Å². The first-order valence-electron chi connectivity index (χ1n) is 6.34. The van der Waals surface area contributed by atoms with E-state index in [1.54, 1.807) is 0 Å². The number of nitrogens with zero attached hydrogens (tertiary/aromatic N) is 1. The zero-order valence-corrected chi connectivity index (χ0v) is 11.6. The zero-order chi connectivity index (χ0) is 14.7. The van der Waals surface area contributed by atoms with E-state index in [9.17, 15) is 8.78 Å². The smallest absolute Gasteiger partial charge is 0.132 e. The number of halogens is 2. The maximum atomic E-state index is 13.4. The Balaban J connectivity index is 1.94. The van der Waals surface area contributed by atoms with Gasteiger partial charge in [0.25, 0.3) is 0 Å². The first kappa shape index (κ1) is 14.3. The van der Waals surface area contributed by atoms with Crippen molar-refractivity contribution in [3.05, 3.63) is 71.3 Å².